The van der Waals surface area contributed by atoms with Crippen LogP contribution in [0, 0.1) is 6.92 Å². The maximum Gasteiger partial charge on any atom is 0.259 e. The maximum absolute atomic E-state index is 12.5. The van der Waals surface area contributed by atoms with Crippen molar-refractivity contribution in [1.82, 2.24) is 9.97 Å². The molecule has 1 aliphatic carbocycles. The summed E-state index contributed by atoms with van der Waals surface area (Å²) in [5, 5.41) is 6.30. The van der Waals surface area contributed by atoms with Gasteiger partial charge in [0.25, 0.3) is 5.56 Å². The number of nitrogens with zero attached hydrogens (tertiary/aromatic N) is 1. The third kappa shape index (κ3) is 4.41. The number of fused-ring (bicyclic) bond motifs is 3. The highest BCUT2D eigenvalue weighted by atomic mass is 32.2. The number of carbonyl (C=O) groups is 2. The molecule has 7 nitrogen and oxygen atoms in total. The van der Waals surface area contributed by atoms with Gasteiger partial charge in [0.05, 0.1) is 28.3 Å². The number of anilines is 2. The molecule has 30 heavy (non-hydrogen) atoms. The van der Waals surface area contributed by atoms with Crippen molar-refractivity contribution in [3.8, 4) is 0 Å². The quantitative estimate of drug-likeness (QED) is 0.541. The molecule has 0 unspecified atom stereocenters. The Hall–Kier alpha value is -2.65. The molecule has 0 saturated carbocycles. The van der Waals surface area contributed by atoms with Crippen molar-refractivity contribution < 1.29 is 9.59 Å². The summed E-state index contributed by atoms with van der Waals surface area (Å²) < 4.78 is 0. The average molecular weight is 443 g/mol. The Balaban J connectivity index is 1.39. The van der Waals surface area contributed by atoms with Crippen molar-refractivity contribution in [2.24, 2.45) is 0 Å². The van der Waals surface area contributed by atoms with E-state index in [2.05, 4.69) is 20.6 Å². The molecule has 1 aromatic carbocycles. The Morgan fingerprint density at radius 2 is 2.07 bits per heavy atom. The van der Waals surface area contributed by atoms with Crippen LogP contribution in [0.2, 0.25) is 0 Å². The fourth-order valence-corrected chi connectivity index (χ4v) is 5.57. The SMILES string of the molecule is CC(=O)Nc1ccc(C)cc1NC(=O)CSCc1nc2sc3c(c2c(=O)[nH]1)CCC3. The van der Waals surface area contributed by atoms with Gasteiger partial charge in [0.1, 0.15) is 10.7 Å². The van der Waals surface area contributed by atoms with Crippen LogP contribution in [0.3, 0.4) is 0 Å². The smallest absolute Gasteiger partial charge is 0.259 e. The van der Waals surface area contributed by atoms with Gasteiger partial charge >= 0.3 is 0 Å². The lowest BCUT2D eigenvalue weighted by Gasteiger charge is -2.12. The normalized spacial score (nSPS) is 12.7. The minimum absolute atomic E-state index is 0.0841. The second-order valence-corrected chi connectivity index (χ2v) is 9.39. The molecule has 0 aliphatic heterocycles. The van der Waals surface area contributed by atoms with E-state index < -0.39 is 0 Å². The zero-order valence-electron chi connectivity index (χ0n) is 16.8. The molecule has 2 aromatic heterocycles. The van der Waals surface area contributed by atoms with E-state index >= 15 is 0 Å². The highest BCUT2D eigenvalue weighted by Gasteiger charge is 2.21. The number of aryl methyl sites for hydroxylation is 3. The molecular formula is C21H22N4O3S2. The predicted molar refractivity (Wildman–Crippen MR) is 123 cm³/mol. The molecule has 156 valence electrons. The third-order valence-electron chi connectivity index (χ3n) is 4.86. The largest absolute Gasteiger partial charge is 0.325 e. The average Bonchev–Trinajstić information content (AvgIpc) is 3.24. The minimum Gasteiger partial charge on any atom is -0.325 e. The van der Waals surface area contributed by atoms with E-state index in [1.165, 1.54) is 23.6 Å². The van der Waals surface area contributed by atoms with Gasteiger partial charge in [-0.2, -0.15) is 0 Å². The molecule has 3 N–H and O–H groups in total. The van der Waals surface area contributed by atoms with Gasteiger partial charge < -0.3 is 15.6 Å². The fourth-order valence-electron chi connectivity index (χ4n) is 3.60. The number of nitrogens with one attached hydrogen (secondary N) is 3. The number of thiophene rings is 1. The lowest BCUT2D eigenvalue weighted by molar-refractivity contribution is -0.115. The first-order valence-corrected chi connectivity index (χ1v) is 11.7. The van der Waals surface area contributed by atoms with E-state index in [1.807, 2.05) is 19.1 Å². The first-order valence-electron chi connectivity index (χ1n) is 9.70. The summed E-state index contributed by atoms with van der Waals surface area (Å²) >= 11 is 2.99. The summed E-state index contributed by atoms with van der Waals surface area (Å²) in [4.78, 5) is 45.8. The van der Waals surface area contributed by atoms with E-state index in [-0.39, 0.29) is 23.1 Å². The number of hydrogen-bond donors (Lipinski definition) is 3. The number of H-pyrrole nitrogens is 1. The third-order valence-corrected chi connectivity index (χ3v) is 6.99. The fraction of sp³-hybridized carbons (Fsp3) is 0.333. The molecular weight excluding hydrogens is 420 g/mol. The summed E-state index contributed by atoms with van der Waals surface area (Å²) in [6.45, 7) is 3.34. The second-order valence-electron chi connectivity index (χ2n) is 7.32. The van der Waals surface area contributed by atoms with E-state index in [0.29, 0.717) is 23.0 Å². The van der Waals surface area contributed by atoms with Crippen LogP contribution in [0.15, 0.2) is 23.0 Å². The number of amides is 2. The standard InChI is InChI=1S/C21H22N4O3S2/c1-11-6-7-14(22-12(2)26)15(8-11)23-18(27)10-29-9-17-24-20(28)19-13-4-3-5-16(13)30-21(19)25-17/h6-8H,3-5,9-10H2,1-2H3,(H,22,26)(H,23,27)(H,24,25,28). The Kier molecular flexibility index (Phi) is 5.92. The topological polar surface area (TPSA) is 104 Å². The van der Waals surface area contributed by atoms with Crippen molar-refractivity contribution in [3.63, 3.8) is 0 Å². The molecule has 0 spiro atoms. The number of hydrogen-bond acceptors (Lipinski definition) is 6. The molecule has 0 radical (unpaired) electrons. The number of rotatable bonds is 6. The Morgan fingerprint density at radius 3 is 2.87 bits per heavy atom. The van der Waals surface area contributed by atoms with Crippen LogP contribution in [0.25, 0.3) is 10.2 Å². The van der Waals surface area contributed by atoms with Gasteiger partial charge in [-0.3, -0.25) is 14.4 Å². The maximum atomic E-state index is 12.5. The lowest BCUT2D eigenvalue weighted by atomic mass is 10.2. The van der Waals surface area contributed by atoms with E-state index in [9.17, 15) is 14.4 Å². The van der Waals surface area contributed by atoms with Crippen LogP contribution >= 0.6 is 23.1 Å². The zero-order chi connectivity index (χ0) is 21.3. The number of carbonyl (C=O) groups excluding carboxylic acids is 2. The summed E-state index contributed by atoms with van der Waals surface area (Å²) in [5.41, 5.74) is 3.19. The number of aromatic amines is 1. The van der Waals surface area contributed by atoms with Gasteiger partial charge in [-0.25, -0.2) is 4.98 Å². The van der Waals surface area contributed by atoms with E-state index in [1.54, 1.807) is 17.4 Å². The van der Waals surface area contributed by atoms with Crippen LogP contribution in [0.1, 0.15) is 35.2 Å². The Labute approximate surface area is 181 Å². The zero-order valence-corrected chi connectivity index (χ0v) is 18.4. The van der Waals surface area contributed by atoms with Crippen molar-refractivity contribution >= 4 is 56.5 Å². The van der Waals surface area contributed by atoms with Gasteiger partial charge in [0.15, 0.2) is 0 Å². The first kappa shape index (κ1) is 20.6. The number of aromatic nitrogens is 2. The summed E-state index contributed by atoms with van der Waals surface area (Å²) in [7, 11) is 0. The molecule has 0 bridgehead atoms. The molecule has 0 fully saturated rings. The molecule has 0 atom stereocenters. The highest BCUT2D eigenvalue weighted by molar-refractivity contribution is 7.99. The van der Waals surface area contributed by atoms with Gasteiger partial charge in [-0.05, 0) is 49.4 Å². The predicted octanol–water partition coefficient (Wildman–Crippen LogP) is 3.61. The molecule has 1 aliphatic rings. The van der Waals surface area contributed by atoms with Gasteiger partial charge in [-0.15, -0.1) is 23.1 Å². The summed E-state index contributed by atoms with van der Waals surface area (Å²) in [6.07, 6.45) is 3.08. The molecule has 2 heterocycles. The van der Waals surface area contributed by atoms with Crippen LogP contribution in [-0.4, -0.2) is 27.5 Å². The van der Waals surface area contributed by atoms with Crippen LogP contribution in [0.4, 0.5) is 11.4 Å². The number of benzene rings is 1. The minimum atomic E-state index is -0.200. The van der Waals surface area contributed by atoms with Crippen molar-refractivity contribution in [2.75, 3.05) is 16.4 Å². The van der Waals surface area contributed by atoms with Crippen molar-refractivity contribution in [3.05, 3.63) is 50.4 Å². The Morgan fingerprint density at radius 1 is 1.23 bits per heavy atom. The monoisotopic (exact) mass is 442 g/mol. The van der Waals surface area contributed by atoms with Crippen LogP contribution < -0.4 is 16.2 Å². The number of thioether (sulfide) groups is 1. The molecule has 2 amide bonds. The van der Waals surface area contributed by atoms with Crippen molar-refractivity contribution in [1.29, 1.82) is 0 Å². The molecule has 0 saturated heterocycles. The summed E-state index contributed by atoms with van der Waals surface area (Å²) in [5.74, 6) is 0.841. The van der Waals surface area contributed by atoms with Crippen molar-refractivity contribution in [2.45, 2.75) is 38.9 Å². The van der Waals surface area contributed by atoms with E-state index in [0.717, 1.165) is 40.6 Å². The molecule has 3 aromatic rings. The van der Waals surface area contributed by atoms with Crippen LogP contribution in [0.5, 0.6) is 0 Å². The lowest BCUT2D eigenvalue weighted by Crippen LogP contribution is -2.17. The molecule has 9 heteroatoms. The van der Waals surface area contributed by atoms with Crippen LogP contribution in [-0.2, 0) is 28.2 Å². The van der Waals surface area contributed by atoms with Gasteiger partial charge in [0, 0.05) is 11.8 Å². The summed E-state index contributed by atoms with van der Waals surface area (Å²) in [6, 6.07) is 5.45. The second kappa shape index (κ2) is 8.61. The first-order chi connectivity index (χ1) is 14.4. The van der Waals surface area contributed by atoms with Gasteiger partial charge in [0.2, 0.25) is 11.8 Å². The van der Waals surface area contributed by atoms with Gasteiger partial charge in [-0.1, -0.05) is 6.07 Å². The Bertz CT molecular complexity index is 1200. The van der Waals surface area contributed by atoms with E-state index in [4.69, 9.17) is 0 Å². The molecule has 4 rings (SSSR count). The highest BCUT2D eigenvalue weighted by Crippen LogP contribution is 2.34.